The molecule has 0 amide bonds. The Balaban J connectivity index is 1.35. The summed E-state index contributed by atoms with van der Waals surface area (Å²) in [6.07, 6.45) is 4.10. The molecule has 4 aromatic rings. The second-order valence-corrected chi connectivity index (χ2v) is 13.5. The third-order valence-electron chi connectivity index (χ3n) is 6.93. The van der Waals surface area contributed by atoms with Gasteiger partial charge in [0, 0.05) is 35.5 Å². The molecule has 0 atom stereocenters. The van der Waals surface area contributed by atoms with Gasteiger partial charge in [-0.25, -0.2) is 0 Å². The molecule has 0 aliphatic heterocycles. The maximum Gasteiger partial charge on any atom is 0.0552 e. The average Bonchev–Trinajstić information content (AvgIpc) is 3.00. The van der Waals surface area contributed by atoms with Gasteiger partial charge in [0.1, 0.15) is 0 Å². The molecule has 0 fully saturated rings. The monoisotopic (exact) mass is 602 g/mol. The van der Waals surface area contributed by atoms with Crippen LogP contribution in [0.1, 0.15) is 33.4 Å². The Kier molecular flexibility index (Phi) is 14.3. The number of benzene rings is 4. The van der Waals surface area contributed by atoms with E-state index in [9.17, 15) is 0 Å². The fraction of sp³-hybridized carbons (Fsp3) is 0.333. The SMILES string of the molecule is COCCSCCc1ccc(Cc2ccccc2Sc2ccccc2Cc2ccc(CCSCCOC)cc2)cc1. The van der Waals surface area contributed by atoms with Crippen molar-refractivity contribution in [1.29, 1.82) is 0 Å². The molecule has 0 spiro atoms. The van der Waals surface area contributed by atoms with Crippen molar-refractivity contribution in [2.24, 2.45) is 0 Å². The van der Waals surface area contributed by atoms with Crippen LogP contribution in [0.15, 0.2) is 107 Å². The van der Waals surface area contributed by atoms with Crippen LogP contribution in [0.25, 0.3) is 0 Å². The van der Waals surface area contributed by atoms with Gasteiger partial charge in [-0.05, 0) is 82.7 Å². The fourth-order valence-electron chi connectivity index (χ4n) is 4.57. The smallest absolute Gasteiger partial charge is 0.0552 e. The number of aryl methyl sites for hydroxylation is 2. The highest BCUT2D eigenvalue weighted by Crippen LogP contribution is 2.34. The van der Waals surface area contributed by atoms with Crippen molar-refractivity contribution < 1.29 is 9.47 Å². The molecular weight excluding hydrogens is 561 g/mol. The van der Waals surface area contributed by atoms with E-state index in [4.69, 9.17) is 9.47 Å². The molecule has 41 heavy (non-hydrogen) atoms. The summed E-state index contributed by atoms with van der Waals surface area (Å²) in [6.45, 7) is 1.66. The van der Waals surface area contributed by atoms with E-state index in [0.717, 1.165) is 61.9 Å². The van der Waals surface area contributed by atoms with Crippen LogP contribution in [0.2, 0.25) is 0 Å². The topological polar surface area (TPSA) is 18.5 Å². The number of rotatable bonds is 18. The lowest BCUT2D eigenvalue weighted by atomic mass is 10.0. The Bertz CT molecular complexity index is 1190. The lowest BCUT2D eigenvalue weighted by Gasteiger charge is -2.13. The van der Waals surface area contributed by atoms with E-state index >= 15 is 0 Å². The largest absolute Gasteiger partial charge is 0.384 e. The van der Waals surface area contributed by atoms with Crippen LogP contribution in [0.4, 0.5) is 0 Å². The molecule has 0 saturated carbocycles. The van der Waals surface area contributed by atoms with Gasteiger partial charge < -0.3 is 9.47 Å². The molecule has 0 heterocycles. The van der Waals surface area contributed by atoms with E-state index in [1.807, 2.05) is 35.3 Å². The van der Waals surface area contributed by atoms with E-state index in [1.165, 1.54) is 43.2 Å². The quantitative estimate of drug-likeness (QED) is 0.106. The highest BCUT2D eigenvalue weighted by atomic mass is 32.2. The first-order chi connectivity index (χ1) is 20.2. The summed E-state index contributed by atoms with van der Waals surface area (Å²) in [4.78, 5) is 2.67. The van der Waals surface area contributed by atoms with Gasteiger partial charge in [-0.3, -0.25) is 0 Å². The summed E-state index contributed by atoms with van der Waals surface area (Å²) in [5.41, 5.74) is 8.29. The molecule has 2 nitrogen and oxygen atoms in total. The molecule has 5 heteroatoms. The van der Waals surface area contributed by atoms with Gasteiger partial charge in [0.2, 0.25) is 0 Å². The molecule has 0 bridgehead atoms. The number of hydrogen-bond acceptors (Lipinski definition) is 5. The maximum atomic E-state index is 5.14. The number of hydrogen-bond donors (Lipinski definition) is 0. The molecule has 0 aromatic heterocycles. The summed E-state index contributed by atoms with van der Waals surface area (Å²) >= 11 is 5.81. The summed E-state index contributed by atoms with van der Waals surface area (Å²) in [7, 11) is 3.53. The van der Waals surface area contributed by atoms with Crippen molar-refractivity contribution in [3.63, 3.8) is 0 Å². The second kappa shape index (κ2) is 18.4. The van der Waals surface area contributed by atoms with Gasteiger partial charge >= 0.3 is 0 Å². The van der Waals surface area contributed by atoms with E-state index in [1.54, 1.807) is 14.2 Å². The summed E-state index contributed by atoms with van der Waals surface area (Å²) < 4.78 is 10.3. The minimum Gasteiger partial charge on any atom is -0.384 e. The van der Waals surface area contributed by atoms with Crippen LogP contribution in [0.5, 0.6) is 0 Å². The molecule has 0 radical (unpaired) electrons. The van der Waals surface area contributed by atoms with Crippen LogP contribution in [0.3, 0.4) is 0 Å². The molecule has 4 aromatic carbocycles. The van der Waals surface area contributed by atoms with Gasteiger partial charge in [-0.15, -0.1) is 0 Å². The minimum absolute atomic E-state index is 0.828. The molecule has 0 unspecified atom stereocenters. The number of thioether (sulfide) groups is 2. The standard InChI is InChI=1S/C36H42O2S3/c1-37-21-25-39-23-19-29-11-15-31(16-12-29)27-33-7-3-5-9-35(33)41-36-10-6-4-8-34(36)28-32-17-13-30(14-18-32)20-24-40-26-22-38-2/h3-18H,19-28H2,1-2H3. The average molecular weight is 603 g/mol. The Morgan fingerprint density at radius 1 is 0.463 bits per heavy atom. The Labute approximate surface area is 260 Å². The molecule has 0 saturated heterocycles. The van der Waals surface area contributed by atoms with Gasteiger partial charge in [-0.1, -0.05) is 96.7 Å². The van der Waals surface area contributed by atoms with Gasteiger partial charge in [0.25, 0.3) is 0 Å². The molecule has 216 valence electrons. The molecular formula is C36H42O2S3. The Morgan fingerprint density at radius 3 is 1.27 bits per heavy atom. The van der Waals surface area contributed by atoms with Crippen LogP contribution in [-0.4, -0.2) is 50.4 Å². The minimum atomic E-state index is 0.828. The van der Waals surface area contributed by atoms with Crippen LogP contribution >= 0.6 is 35.3 Å². The number of ether oxygens (including phenoxy) is 2. The van der Waals surface area contributed by atoms with Crippen molar-refractivity contribution in [3.8, 4) is 0 Å². The first kappa shape index (κ1) is 31.8. The molecule has 0 aliphatic carbocycles. The zero-order valence-electron chi connectivity index (χ0n) is 24.3. The zero-order valence-corrected chi connectivity index (χ0v) is 26.8. The third-order valence-corrected chi connectivity index (χ3v) is 10.1. The lowest BCUT2D eigenvalue weighted by molar-refractivity contribution is 0.218. The summed E-state index contributed by atoms with van der Waals surface area (Å²) in [5.74, 6) is 4.40. The van der Waals surface area contributed by atoms with Crippen LogP contribution in [0, 0.1) is 0 Å². The lowest BCUT2D eigenvalue weighted by Crippen LogP contribution is -1.97. The van der Waals surface area contributed by atoms with Crippen molar-refractivity contribution in [3.05, 3.63) is 130 Å². The van der Waals surface area contributed by atoms with Gasteiger partial charge in [-0.2, -0.15) is 23.5 Å². The first-order valence-corrected chi connectivity index (χ1v) is 17.5. The van der Waals surface area contributed by atoms with Crippen LogP contribution in [-0.2, 0) is 35.2 Å². The second-order valence-electron chi connectivity index (χ2n) is 10.0. The maximum absolute atomic E-state index is 5.14. The van der Waals surface area contributed by atoms with Crippen molar-refractivity contribution in [2.75, 3.05) is 50.4 Å². The predicted octanol–water partition coefficient (Wildman–Crippen LogP) is 8.86. The zero-order chi connectivity index (χ0) is 28.5. The van der Waals surface area contributed by atoms with E-state index in [-0.39, 0.29) is 0 Å². The summed E-state index contributed by atoms with van der Waals surface area (Å²) in [5, 5.41) is 0. The molecule has 0 aliphatic rings. The predicted molar refractivity (Wildman–Crippen MR) is 181 cm³/mol. The van der Waals surface area contributed by atoms with Gasteiger partial charge in [0.05, 0.1) is 13.2 Å². The van der Waals surface area contributed by atoms with E-state index in [2.05, 4.69) is 97.1 Å². The Hall–Kier alpha value is -2.15. The third kappa shape index (κ3) is 11.2. The fourth-order valence-corrected chi connectivity index (χ4v) is 7.38. The highest BCUT2D eigenvalue weighted by molar-refractivity contribution is 7.99. The van der Waals surface area contributed by atoms with Crippen molar-refractivity contribution >= 4 is 35.3 Å². The van der Waals surface area contributed by atoms with E-state index < -0.39 is 0 Å². The Morgan fingerprint density at radius 2 is 0.854 bits per heavy atom. The number of methoxy groups -OCH3 is 2. The van der Waals surface area contributed by atoms with Crippen molar-refractivity contribution in [2.45, 2.75) is 35.5 Å². The molecule has 0 N–H and O–H groups in total. The van der Waals surface area contributed by atoms with Crippen LogP contribution < -0.4 is 0 Å². The highest BCUT2D eigenvalue weighted by Gasteiger charge is 2.10. The van der Waals surface area contributed by atoms with Crippen molar-refractivity contribution in [1.82, 2.24) is 0 Å². The summed E-state index contributed by atoms with van der Waals surface area (Å²) in [6, 6.07) is 36.1. The molecule has 4 rings (SSSR count). The van der Waals surface area contributed by atoms with Gasteiger partial charge in [0.15, 0.2) is 0 Å². The normalized spacial score (nSPS) is 11.2. The first-order valence-electron chi connectivity index (χ1n) is 14.4. The van der Waals surface area contributed by atoms with E-state index in [0.29, 0.717) is 0 Å².